The van der Waals surface area contributed by atoms with Gasteiger partial charge in [-0.2, -0.15) is 0 Å². The highest BCUT2D eigenvalue weighted by Crippen LogP contribution is 2.36. The first-order valence-corrected chi connectivity index (χ1v) is 8.13. The normalized spacial score (nSPS) is 12.9. The van der Waals surface area contributed by atoms with E-state index < -0.39 is 11.7 Å². The van der Waals surface area contributed by atoms with E-state index in [1.54, 1.807) is 12.3 Å². The molecule has 2 heterocycles. The van der Waals surface area contributed by atoms with Gasteiger partial charge in [-0.05, 0) is 31.9 Å². The summed E-state index contributed by atoms with van der Waals surface area (Å²) in [6.07, 6.45) is 6.11. The Bertz CT molecular complexity index is 948. The van der Waals surface area contributed by atoms with Crippen molar-refractivity contribution >= 4 is 11.7 Å². The number of furan rings is 1. The molecule has 1 aromatic carbocycles. The number of anilines is 1. The zero-order valence-corrected chi connectivity index (χ0v) is 13.7. The zero-order chi connectivity index (χ0) is 17.4. The lowest BCUT2D eigenvalue weighted by atomic mass is 10.1. The van der Waals surface area contributed by atoms with Crippen LogP contribution in [0, 0.1) is 12.7 Å². The number of rotatable bonds is 3. The Balaban J connectivity index is 1.57. The summed E-state index contributed by atoms with van der Waals surface area (Å²) in [5, 5.41) is 2.56. The first-order valence-electron chi connectivity index (χ1n) is 8.13. The number of hydrogen-bond acceptors (Lipinski definition) is 4. The van der Waals surface area contributed by atoms with Crippen molar-refractivity contribution < 1.29 is 13.6 Å². The summed E-state index contributed by atoms with van der Waals surface area (Å²) in [5.41, 5.74) is 2.88. The van der Waals surface area contributed by atoms with E-state index in [2.05, 4.69) is 15.3 Å². The van der Waals surface area contributed by atoms with Crippen LogP contribution in [0.1, 0.15) is 33.9 Å². The molecule has 0 atom stereocenters. The van der Waals surface area contributed by atoms with Gasteiger partial charge in [0.25, 0.3) is 5.91 Å². The molecule has 0 saturated carbocycles. The second kappa shape index (κ2) is 6.12. The van der Waals surface area contributed by atoms with Gasteiger partial charge in [0, 0.05) is 17.5 Å². The summed E-state index contributed by atoms with van der Waals surface area (Å²) in [5.74, 6) is 1.01. The van der Waals surface area contributed by atoms with Gasteiger partial charge in [-0.3, -0.25) is 9.78 Å². The number of nitrogens with one attached hydrogen (secondary N) is 1. The number of carbonyl (C=O) groups excluding carboxylic acids is 1. The standard InChI is InChI=1S/C19H16FN3O2/c1-11-18(13-6-4-8-16(13)25-11)15-9-22-17(10-21-15)23-19(24)12-5-2-3-7-14(12)20/h2-3,5,7,9-10H,4,6,8H2,1H3,(H,22,23,24). The zero-order valence-electron chi connectivity index (χ0n) is 13.7. The molecule has 2 aromatic heterocycles. The fourth-order valence-corrected chi connectivity index (χ4v) is 3.23. The van der Waals surface area contributed by atoms with Gasteiger partial charge in [0.1, 0.15) is 17.3 Å². The molecule has 126 valence electrons. The molecule has 4 rings (SSSR count). The van der Waals surface area contributed by atoms with E-state index >= 15 is 0 Å². The second-order valence-electron chi connectivity index (χ2n) is 6.01. The van der Waals surface area contributed by atoms with E-state index in [0.717, 1.165) is 36.3 Å². The lowest BCUT2D eigenvalue weighted by Crippen LogP contribution is -2.14. The Morgan fingerprint density at radius 1 is 1.20 bits per heavy atom. The number of nitrogens with zero attached hydrogens (tertiary/aromatic N) is 2. The van der Waals surface area contributed by atoms with Crippen molar-refractivity contribution in [1.29, 1.82) is 0 Å². The van der Waals surface area contributed by atoms with Gasteiger partial charge in [-0.1, -0.05) is 12.1 Å². The maximum Gasteiger partial charge on any atom is 0.259 e. The first kappa shape index (κ1) is 15.5. The van der Waals surface area contributed by atoms with E-state index in [1.807, 2.05) is 6.92 Å². The van der Waals surface area contributed by atoms with Crippen molar-refractivity contribution in [1.82, 2.24) is 9.97 Å². The van der Waals surface area contributed by atoms with Gasteiger partial charge < -0.3 is 9.73 Å². The highest BCUT2D eigenvalue weighted by atomic mass is 19.1. The van der Waals surface area contributed by atoms with Crippen LogP contribution in [0.25, 0.3) is 11.3 Å². The molecule has 1 aliphatic carbocycles. The van der Waals surface area contributed by atoms with E-state index in [-0.39, 0.29) is 11.4 Å². The molecule has 0 radical (unpaired) electrons. The molecule has 25 heavy (non-hydrogen) atoms. The quantitative estimate of drug-likeness (QED) is 0.786. The van der Waals surface area contributed by atoms with Gasteiger partial charge in [0.15, 0.2) is 5.82 Å². The topological polar surface area (TPSA) is 68.0 Å². The highest BCUT2D eigenvalue weighted by Gasteiger charge is 2.24. The number of carbonyl (C=O) groups is 1. The van der Waals surface area contributed by atoms with Crippen LogP contribution in [-0.2, 0) is 12.8 Å². The van der Waals surface area contributed by atoms with Gasteiger partial charge in [0.2, 0.25) is 0 Å². The van der Waals surface area contributed by atoms with Gasteiger partial charge in [-0.15, -0.1) is 0 Å². The second-order valence-corrected chi connectivity index (χ2v) is 6.01. The molecule has 0 fully saturated rings. The summed E-state index contributed by atoms with van der Waals surface area (Å²) in [4.78, 5) is 20.8. The van der Waals surface area contributed by atoms with Crippen LogP contribution in [0.3, 0.4) is 0 Å². The predicted octanol–water partition coefficient (Wildman–Crippen LogP) is 3.93. The van der Waals surface area contributed by atoms with Crippen molar-refractivity contribution in [2.24, 2.45) is 0 Å². The van der Waals surface area contributed by atoms with E-state index in [0.29, 0.717) is 5.69 Å². The molecular formula is C19H16FN3O2. The summed E-state index contributed by atoms with van der Waals surface area (Å²) < 4.78 is 19.5. The third-order valence-electron chi connectivity index (χ3n) is 4.37. The molecule has 1 aliphatic rings. The minimum absolute atomic E-state index is 0.0307. The summed E-state index contributed by atoms with van der Waals surface area (Å²) in [6.45, 7) is 1.92. The number of hydrogen-bond donors (Lipinski definition) is 1. The van der Waals surface area contributed by atoms with Crippen LogP contribution in [0.15, 0.2) is 41.1 Å². The molecule has 0 aliphatic heterocycles. The Kier molecular flexibility index (Phi) is 3.80. The van der Waals surface area contributed by atoms with Crippen LogP contribution in [-0.4, -0.2) is 15.9 Å². The number of amides is 1. The minimum atomic E-state index is -0.575. The third-order valence-corrected chi connectivity index (χ3v) is 4.37. The molecule has 0 spiro atoms. The van der Waals surface area contributed by atoms with Crippen molar-refractivity contribution in [3.05, 3.63) is 65.1 Å². The average Bonchev–Trinajstić information content (AvgIpc) is 3.16. The van der Waals surface area contributed by atoms with E-state index in [9.17, 15) is 9.18 Å². The largest absolute Gasteiger partial charge is 0.465 e. The Labute approximate surface area is 143 Å². The van der Waals surface area contributed by atoms with Crippen LogP contribution < -0.4 is 5.32 Å². The predicted molar refractivity (Wildman–Crippen MR) is 90.8 cm³/mol. The average molecular weight is 337 g/mol. The molecule has 1 amide bonds. The maximum absolute atomic E-state index is 13.7. The smallest absolute Gasteiger partial charge is 0.259 e. The number of halogens is 1. The van der Waals surface area contributed by atoms with Crippen LogP contribution in [0.4, 0.5) is 10.2 Å². The summed E-state index contributed by atoms with van der Waals surface area (Å²) in [7, 11) is 0. The van der Waals surface area contributed by atoms with Gasteiger partial charge >= 0.3 is 0 Å². The number of aromatic nitrogens is 2. The summed E-state index contributed by atoms with van der Waals surface area (Å²) in [6, 6.07) is 5.80. The monoisotopic (exact) mass is 337 g/mol. The van der Waals surface area contributed by atoms with Crippen molar-refractivity contribution in [2.45, 2.75) is 26.2 Å². The molecule has 3 aromatic rings. The molecular weight excluding hydrogens is 321 g/mol. The molecule has 0 unspecified atom stereocenters. The van der Waals surface area contributed by atoms with E-state index in [4.69, 9.17) is 4.42 Å². The van der Waals surface area contributed by atoms with Gasteiger partial charge in [0.05, 0.1) is 23.7 Å². The highest BCUT2D eigenvalue weighted by molar-refractivity contribution is 6.03. The molecule has 0 saturated heterocycles. The van der Waals surface area contributed by atoms with Crippen LogP contribution >= 0.6 is 0 Å². The Morgan fingerprint density at radius 3 is 2.80 bits per heavy atom. The number of aryl methyl sites for hydroxylation is 2. The fourth-order valence-electron chi connectivity index (χ4n) is 3.23. The van der Waals surface area contributed by atoms with E-state index in [1.165, 1.54) is 30.0 Å². The third kappa shape index (κ3) is 2.80. The van der Waals surface area contributed by atoms with Crippen molar-refractivity contribution in [3.63, 3.8) is 0 Å². The van der Waals surface area contributed by atoms with Crippen molar-refractivity contribution in [3.8, 4) is 11.3 Å². The Hall–Kier alpha value is -3.02. The fraction of sp³-hybridized carbons (Fsp3) is 0.211. The lowest BCUT2D eigenvalue weighted by molar-refractivity contribution is 0.102. The van der Waals surface area contributed by atoms with Crippen LogP contribution in [0.2, 0.25) is 0 Å². The number of fused-ring (bicyclic) bond motifs is 1. The summed E-state index contributed by atoms with van der Waals surface area (Å²) >= 11 is 0. The van der Waals surface area contributed by atoms with Crippen molar-refractivity contribution in [2.75, 3.05) is 5.32 Å². The lowest BCUT2D eigenvalue weighted by Gasteiger charge is -2.06. The minimum Gasteiger partial charge on any atom is -0.465 e. The molecule has 1 N–H and O–H groups in total. The molecule has 5 nitrogen and oxygen atoms in total. The molecule has 6 heteroatoms. The maximum atomic E-state index is 13.7. The van der Waals surface area contributed by atoms with Crippen LogP contribution in [0.5, 0.6) is 0 Å². The SMILES string of the molecule is Cc1oc2c(c1-c1cnc(NC(=O)c3ccccc3F)cn1)CCC2. The molecule has 0 bridgehead atoms. The number of benzene rings is 1. The first-order chi connectivity index (χ1) is 12.1. The Morgan fingerprint density at radius 2 is 2.04 bits per heavy atom. The van der Waals surface area contributed by atoms with Gasteiger partial charge in [-0.25, -0.2) is 9.37 Å².